The Morgan fingerprint density at radius 1 is 1.29 bits per heavy atom. The SMILES string of the molecule is Nc1cnc(NCc2cncs2)nc1. The molecule has 0 amide bonds. The number of nitrogens with two attached hydrogens (primary N) is 1. The van der Waals surface area contributed by atoms with Crippen LogP contribution in [0.25, 0.3) is 0 Å². The lowest BCUT2D eigenvalue weighted by atomic mass is 10.5. The second kappa shape index (κ2) is 4.01. The molecule has 0 atom stereocenters. The number of rotatable bonds is 3. The minimum atomic E-state index is 0.563. The van der Waals surface area contributed by atoms with E-state index in [4.69, 9.17) is 5.73 Å². The molecule has 2 heterocycles. The highest BCUT2D eigenvalue weighted by molar-refractivity contribution is 7.09. The average molecular weight is 207 g/mol. The summed E-state index contributed by atoms with van der Waals surface area (Å²) < 4.78 is 0. The maximum absolute atomic E-state index is 5.46. The molecule has 0 spiro atoms. The predicted molar refractivity (Wildman–Crippen MR) is 55.9 cm³/mol. The molecule has 2 aromatic heterocycles. The Balaban J connectivity index is 1.95. The third-order valence-electron chi connectivity index (χ3n) is 1.58. The van der Waals surface area contributed by atoms with Gasteiger partial charge in [0, 0.05) is 11.1 Å². The fraction of sp³-hybridized carbons (Fsp3) is 0.125. The van der Waals surface area contributed by atoms with E-state index >= 15 is 0 Å². The molecule has 2 aromatic rings. The minimum Gasteiger partial charge on any atom is -0.396 e. The molecule has 3 N–H and O–H groups in total. The largest absolute Gasteiger partial charge is 0.396 e. The summed E-state index contributed by atoms with van der Waals surface area (Å²) >= 11 is 1.59. The van der Waals surface area contributed by atoms with Gasteiger partial charge in [0.1, 0.15) is 0 Å². The number of nitrogen functional groups attached to an aromatic ring is 1. The maximum Gasteiger partial charge on any atom is 0.223 e. The van der Waals surface area contributed by atoms with Crippen molar-refractivity contribution in [3.05, 3.63) is 29.0 Å². The van der Waals surface area contributed by atoms with Crippen molar-refractivity contribution in [2.24, 2.45) is 0 Å². The van der Waals surface area contributed by atoms with E-state index in [1.54, 1.807) is 29.2 Å². The summed E-state index contributed by atoms with van der Waals surface area (Å²) in [7, 11) is 0. The average Bonchev–Trinajstić information content (AvgIpc) is 2.70. The zero-order valence-electron chi connectivity index (χ0n) is 7.34. The predicted octanol–water partition coefficient (Wildman–Crippen LogP) is 1.13. The molecular formula is C8H9N5S. The Labute approximate surface area is 85.0 Å². The van der Waals surface area contributed by atoms with Gasteiger partial charge >= 0.3 is 0 Å². The van der Waals surface area contributed by atoms with Gasteiger partial charge in [-0.1, -0.05) is 0 Å². The topological polar surface area (TPSA) is 76.7 Å². The quantitative estimate of drug-likeness (QED) is 0.788. The van der Waals surface area contributed by atoms with Crippen molar-refractivity contribution in [2.45, 2.75) is 6.54 Å². The first-order valence-corrected chi connectivity index (χ1v) is 4.91. The first-order chi connectivity index (χ1) is 6.84. The summed E-state index contributed by atoms with van der Waals surface area (Å²) in [6, 6.07) is 0. The van der Waals surface area contributed by atoms with Crippen LogP contribution in [0, 0.1) is 0 Å². The smallest absolute Gasteiger partial charge is 0.223 e. The zero-order chi connectivity index (χ0) is 9.80. The number of hydrogen-bond acceptors (Lipinski definition) is 6. The highest BCUT2D eigenvalue weighted by Crippen LogP contribution is 2.08. The molecule has 0 fully saturated rings. The van der Waals surface area contributed by atoms with E-state index in [-0.39, 0.29) is 0 Å². The Kier molecular flexibility index (Phi) is 2.55. The first-order valence-electron chi connectivity index (χ1n) is 4.03. The van der Waals surface area contributed by atoms with Crippen LogP contribution in [-0.2, 0) is 6.54 Å². The van der Waals surface area contributed by atoms with Gasteiger partial charge in [0.2, 0.25) is 5.95 Å². The van der Waals surface area contributed by atoms with Crippen LogP contribution < -0.4 is 11.1 Å². The number of hydrogen-bond donors (Lipinski definition) is 2. The summed E-state index contributed by atoms with van der Waals surface area (Å²) in [6.07, 6.45) is 4.96. The third kappa shape index (κ3) is 2.17. The molecular weight excluding hydrogens is 198 g/mol. The molecule has 0 bridgehead atoms. The van der Waals surface area contributed by atoms with Gasteiger partial charge in [-0.15, -0.1) is 11.3 Å². The summed E-state index contributed by atoms with van der Waals surface area (Å²) in [4.78, 5) is 13.1. The third-order valence-corrected chi connectivity index (χ3v) is 2.36. The van der Waals surface area contributed by atoms with Crippen LogP contribution in [0.3, 0.4) is 0 Å². The normalized spacial score (nSPS) is 10.0. The van der Waals surface area contributed by atoms with E-state index in [1.807, 2.05) is 6.20 Å². The van der Waals surface area contributed by atoms with Crippen molar-refractivity contribution in [1.82, 2.24) is 15.0 Å². The molecule has 0 aliphatic heterocycles. The van der Waals surface area contributed by atoms with Crippen molar-refractivity contribution in [3.63, 3.8) is 0 Å². The zero-order valence-corrected chi connectivity index (χ0v) is 8.16. The summed E-state index contributed by atoms with van der Waals surface area (Å²) in [5.41, 5.74) is 7.81. The lowest BCUT2D eigenvalue weighted by Crippen LogP contribution is -2.02. The molecule has 0 saturated heterocycles. The molecule has 0 radical (unpaired) electrons. The second-order valence-electron chi connectivity index (χ2n) is 2.66. The van der Waals surface area contributed by atoms with Gasteiger partial charge in [-0.2, -0.15) is 0 Å². The van der Waals surface area contributed by atoms with Crippen molar-refractivity contribution in [1.29, 1.82) is 0 Å². The molecule has 0 saturated carbocycles. The fourth-order valence-corrected chi connectivity index (χ4v) is 1.46. The number of nitrogens with one attached hydrogen (secondary N) is 1. The van der Waals surface area contributed by atoms with Crippen molar-refractivity contribution in [2.75, 3.05) is 11.1 Å². The van der Waals surface area contributed by atoms with E-state index in [0.717, 1.165) is 4.88 Å². The summed E-state index contributed by atoms with van der Waals surface area (Å²) in [6.45, 7) is 0.689. The van der Waals surface area contributed by atoms with Gasteiger partial charge in [-0.25, -0.2) is 9.97 Å². The van der Waals surface area contributed by atoms with Crippen LogP contribution in [0.4, 0.5) is 11.6 Å². The summed E-state index contributed by atoms with van der Waals surface area (Å²) in [5, 5.41) is 3.07. The maximum atomic E-state index is 5.46. The van der Waals surface area contributed by atoms with Crippen molar-refractivity contribution in [3.8, 4) is 0 Å². The highest BCUT2D eigenvalue weighted by atomic mass is 32.1. The van der Waals surface area contributed by atoms with Crippen LogP contribution in [0.15, 0.2) is 24.1 Å². The number of aromatic nitrogens is 3. The first kappa shape index (κ1) is 8.89. The number of anilines is 2. The van der Waals surface area contributed by atoms with Crippen LogP contribution in [0.1, 0.15) is 4.88 Å². The Hall–Kier alpha value is -1.69. The van der Waals surface area contributed by atoms with E-state index in [9.17, 15) is 0 Å². The molecule has 0 aliphatic rings. The van der Waals surface area contributed by atoms with Gasteiger partial charge in [0.25, 0.3) is 0 Å². The van der Waals surface area contributed by atoms with E-state index in [0.29, 0.717) is 18.2 Å². The fourth-order valence-electron chi connectivity index (χ4n) is 0.925. The second-order valence-corrected chi connectivity index (χ2v) is 3.63. The van der Waals surface area contributed by atoms with Crippen molar-refractivity contribution >= 4 is 23.0 Å². The van der Waals surface area contributed by atoms with Gasteiger partial charge < -0.3 is 11.1 Å². The molecule has 0 aliphatic carbocycles. The molecule has 0 unspecified atom stereocenters. The minimum absolute atomic E-state index is 0.563. The van der Waals surface area contributed by atoms with E-state index in [2.05, 4.69) is 20.3 Å². The Bertz CT molecular complexity index is 383. The van der Waals surface area contributed by atoms with Gasteiger partial charge in [-0.05, 0) is 0 Å². The molecule has 14 heavy (non-hydrogen) atoms. The monoisotopic (exact) mass is 207 g/mol. The van der Waals surface area contributed by atoms with Gasteiger partial charge in [-0.3, -0.25) is 4.98 Å². The Morgan fingerprint density at radius 3 is 2.71 bits per heavy atom. The van der Waals surface area contributed by atoms with Crippen molar-refractivity contribution < 1.29 is 0 Å². The van der Waals surface area contributed by atoms with Gasteiger partial charge in [0.15, 0.2) is 0 Å². The Morgan fingerprint density at radius 2 is 2.07 bits per heavy atom. The highest BCUT2D eigenvalue weighted by Gasteiger charge is 1.96. The van der Waals surface area contributed by atoms with E-state index in [1.165, 1.54) is 0 Å². The molecule has 2 rings (SSSR count). The number of thiazole rings is 1. The van der Waals surface area contributed by atoms with E-state index < -0.39 is 0 Å². The van der Waals surface area contributed by atoms with Crippen LogP contribution >= 0.6 is 11.3 Å². The molecule has 6 heteroatoms. The number of nitrogens with zero attached hydrogens (tertiary/aromatic N) is 3. The lowest BCUT2D eigenvalue weighted by molar-refractivity contribution is 1.07. The van der Waals surface area contributed by atoms with Gasteiger partial charge in [0.05, 0.1) is 30.1 Å². The van der Waals surface area contributed by atoms with Crippen LogP contribution in [0.5, 0.6) is 0 Å². The summed E-state index contributed by atoms with van der Waals surface area (Å²) in [5.74, 6) is 0.576. The molecule has 0 aromatic carbocycles. The standard InChI is InChI=1S/C8H9N5S/c9-6-1-11-8(12-2-6)13-4-7-3-10-5-14-7/h1-3,5H,4,9H2,(H,11,12,13). The van der Waals surface area contributed by atoms with Crippen LogP contribution in [0.2, 0.25) is 0 Å². The lowest BCUT2D eigenvalue weighted by Gasteiger charge is -2.01. The van der Waals surface area contributed by atoms with Crippen LogP contribution in [-0.4, -0.2) is 15.0 Å². The molecule has 72 valence electrons. The molecule has 5 nitrogen and oxygen atoms in total.